The van der Waals surface area contributed by atoms with Gasteiger partial charge >= 0.3 is 0 Å². The Hall–Kier alpha value is -2.35. The second-order valence-corrected chi connectivity index (χ2v) is 4.36. The molecule has 0 aliphatic heterocycles. The molecule has 8 heteroatoms. The van der Waals surface area contributed by atoms with Crippen LogP contribution in [0.5, 0.6) is 0 Å². The number of rotatable bonds is 5. The second-order valence-electron chi connectivity index (χ2n) is 4.36. The molecule has 1 heterocycles. The minimum Gasteiger partial charge on any atom is -0.394 e. The predicted octanol–water partition coefficient (Wildman–Crippen LogP) is 1.22. The van der Waals surface area contributed by atoms with E-state index < -0.39 is 36.0 Å². The summed E-state index contributed by atoms with van der Waals surface area (Å²) in [7, 11) is 0. The molecule has 1 atom stereocenters. The van der Waals surface area contributed by atoms with Crippen LogP contribution in [0.1, 0.15) is 17.3 Å². The summed E-state index contributed by atoms with van der Waals surface area (Å²) in [5.74, 6) is -4.85. The van der Waals surface area contributed by atoms with Gasteiger partial charge in [0.1, 0.15) is 0 Å². The second kappa shape index (κ2) is 6.40. The smallest absolute Gasteiger partial charge is 0.226 e. The van der Waals surface area contributed by atoms with Gasteiger partial charge in [0.15, 0.2) is 17.5 Å². The number of hydrogen-bond donors (Lipinski definition) is 3. The molecule has 112 valence electrons. The maximum atomic E-state index is 13.2. The van der Waals surface area contributed by atoms with Crippen molar-refractivity contribution in [2.75, 3.05) is 6.61 Å². The van der Waals surface area contributed by atoms with Crippen LogP contribution in [-0.4, -0.2) is 27.8 Å². The topological polar surface area (TPSA) is 78.0 Å². The van der Waals surface area contributed by atoms with Crippen LogP contribution in [0.15, 0.2) is 24.4 Å². The summed E-state index contributed by atoms with van der Waals surface area (Å²) in [4.78, 5) is 11.8. The van der Waals surface area contributed by atoms with Gasteiger partial charge in [0.05, 0.1) is 19.1 Å². The fourth-order valence-electron chi connectivity index (χ4n) is 1.81. The molecule has 5 nitrogen and oxygen atoms in total. The lowest BCUT2D eigenvalue weighted by molar-refractivity contribution is -0.121. The molecular weight excluding hydrogens is 287 g/mol. The number of nitrogens with zero attached hydrogens (tertiary/aromatic N) is 1. The highest BCUT2D eigenvalue weighted by molar-refractivity contribution is 5.78. The van der Waals surface area contributed by atoms with Crippen LogP contribution in [0.4, 0.5) is 13.2 Å². The Morgan fingerprint density at radius 1 is 1.33 bits per heavy atom. The first kappa shape index (κ1) is 15.0. The third-order valence-electron chi connectivity index (χ3n) is 2.84. The Bertz CT molecular complexity index is 609. The van der Waals surface area contributed by atoms with Crippen LogP contribution in [-0.2, 0) is 11.2 Å². The maximum Gasteiger partial charge on any atom is 0.226 e. The van der Waals surface area contributed by atoms with Gasteiger partial charge in [-0.05, 0) is 23.8 Å². The van der Waals surface area contributed by atoms with Crippen LogP contribution >= 0.6 is 0 Å². The zero-order valence-corrected chi connectivity index (χ0v) is 10.7. The Kier molecular flexibility index (Phi) is 4.59. The summed E-state index contributed by atoms with van der Waals surface area (Å²) >= 11 is 0. The minimum absolute atomic E-state index is 0.0390. The van der Waals surface area contributed by atoms with Crippen molar-refractivity contribution in [2.45, 2.75) is 12.5 Å². The number of nitrogens with one attached hydrogen (secondary N) is 2. The lowest BCUT2D eigenvalue weighted by atomic mass is 10.1. The molecule has 1 aromatic carbocycles. The fourth-order valence-corrected chi connectivity index (χ4v) is 1.81. The molecule has 2 aromatic rings. The number of aliphatic hydroxyl groups is 1. The first-order valence-electron chi connectivity index (χ1n) is 6.04. The number of aliphatic hydroxyl groups excluding tert-OH is 1. The Labute approximate surface area is 117 Å². The van der Waals surface area contributed by atoms with E-state index in [9.17, 15) is 23.1 Å². The van der Waals surface area contributed by atoms with Gasteiger partial charge in [0.2, 0.25) is 5.91 Å². The molecule has 0 aliphatic rings. The highest BCUT2D eigenvalue weighted by Gasteiger charge is 2.19. The molecule has 1 unspecified atom stereocenters. The number of carbonyl (C=O) groups is 1. The molecule has 1 amide bonds. The van der Waals surface area contributed by atoms with E-state index in [0.29, 0.717) is 5.69 Å². The standard InChI is InChI=1S/C13H12F3N3O2/c14-9-3-7(4-10(15)13(9)16)11(6-20)18-12(21)5-8-1-2-17-19-8/h1-4,11,20H,5-6H2,(H,17,19)(H,18,21). The Morgan fingerprint density at radius 2 is 2.00 bits per heavy atom. The van der Waals surface area contributed by atoms with Crippen molar-refractivity contribution in [3.05, 3.63) is 53.1 Å². The average molecular weight is 299 g/mol. The number of halogens is 3. The van der Waals surface area contributed by atoms with E-state index >= 15 is 0 Å². The SMILES string of the molecule is O=C(Cc1ccn[nH]1)NC(CO)c1cc(F)c(F)c(F)c1. The van der Waals surface area contributed by atoms with Crippen molar-refractivity contribution in [3.8, 4) is 0 Å². The summed E-state index contributed by atoms with van der Waals surface area (Å²) in [6.07, 6.45) is 1.43. The fraction of sp³-hybridized carbons (Fsp3) is 0.231. The van der Waals surface area contributed by atoms with Crippen molar-refractivity contribution in [3.63, 3.8) is 0 Å². The van der Waals surface area contributed by atoms with E-state index in [4.69, 9.17) is 0 Å². The van der Waals surface area contributed by atoms with E-state index in [1.807, 2.05) is 0 Å². The highest BCUT2D eigenvalue weighted by Crippen LogP contribution is 2.19. The molecule has 0 saturated carbocycles. The molecule has 0 aliphatic carbocycles. The van der Waals surface area contributed by atoms with Gasteiger partial charge in [-0.1, -0.05) is 0 Å². The largest absolute Gasteiger partial charge is 0.394 e. The zero-order chi connectivity index (χ0) is 15.4. The molecular formula is C13H12F3N3O2. The van der Waals surface area contributed by atoms with Crippen molar-refractivity contribution in [1.82, 2.24) is 15.5 Å². The molecule has 0 bridgehead atoms. The number of aromatic amines is 1. The molecule has 2 rings (SSSR count). The van der Waals surface area contributed by atoms with E-state index in [-0.39, 0.29) is 12.0 Å². The summed E-state index contributed by atoms with van der Waals surface area (Å²) < 4.78 is 39.2. The van der Waals surface area contributed by atoms with E-state index in [2.05, 4.69) is 15.5 Å². The molecule has 21 heavy (non-hydrogen) atoms. The number of benzene rings is 1. The molecule has 0 fully saturated rings. The van der Waals surface area contributed by atoms with Crippen molar-refractivity contribution < 1.29 is 23.1 Å². The average Bonchev–Trinajstić information content (AvgIpc) is 2.94. The van der Waals surface area contributed by atoms with E-state index in [1.165, 1.54) is 6.20 Å². The Balaban J connectivity index is 2.11. The molecule has 3 N–H and O–H groups in total. The van der Waals surface area contributed by atoms with Gasteiger partial charge < -0.3 is 10.4 Å². The summed E-state index contributed by atoms with van der Waals surface area (Å²) in [5, 5.41) is 17.9. The highest BCUT2D eigenvalue weighted by atomic mass is 19.2. The van der Waals surface area contributed by atoms with E-state index in [0.717, 1.165) is 12.1 Å². The minimum atomic E-state index is -1.60. The van der Waals surface area contributed by atoms with Crippen LogP contribution in [0.3, 0.4) is 0 Å². The Morgan fingerprint density at radius 3 is 2.52 bits per heavy atom. The molecule has 0 saturated heterocycles. The molecule has 1 aromatic heterocycles. The number of aromatic nitrogens is 2. The van der Waals surface area contributed by atoms with Crippen molar-refractivity contribution in [1.29, 1.82) is 0 Å². The van der Waals surface area contributed by atoms with Gasteiger partial charge in [-0.3, -0.25) is 9.89 Å². The van der Waals surface area contributed by atoms with Crippen LogP contribution < -0.4 is 5.32 Å². The normalized spacial score (nSPS) is 12.2. The van der Waals surface area contributed by atoms with E-state index in [1.54, 1.807) is 6.07 Å². The lowest BCUT2D eigenvalue weighted by Gasteiger charge is -2.17. The van der Waals surface area contributed by atoms with Crippen molar-refractivity contribution >= 4 is 5.91 Å². The lowest BCUT2D eigenvalue weighted by Crippen LogP contribution is -2.32. The summed E-state index contributed by atoms with van der Waals surface area (Å²) in [6.45, 7) is -0.584. The number of carbonyl (C=O) groups excluding carboxylic acids is 1. The van der Waals surface area contributed by atoms with Crippen LogP contribution in [0, 0.1) is 17.5 Å². The van der Waals surface area contributed by atoms with Gasteiger partial charge in [-0.2, -0.15) is 5.10 Å². The number of H-pyrrole nitrogens is 1. The maximum absolute atomic E-state index is 13.2. The van der Waals surface area contributed by atoms with Gasteiger partial charge in [0.25, 0.3) is 0 Å². The van der Waals surface area contributed by atoms with Crippen LogP contribution in [0.2, 0.25) is 0 Å². The number of hydrogen-bond acceptors (Lipinski definition) is 3. The quantitative estimate of drug-likeness (QED) is 0.726. The van der Waals surface area contributed by atoms with Gasteiger partial charge in [-0.15, -0.1) is 0 Å². The third kappa shape index (κ3) is 3.60. The van der Waals surface area contributed by atoms with Crippen LogP contribution in [0.25, 0.3) is 0 Å². The van der Waals surface area contributed by atoms with Gasteiger partial charge in [0, 0.05) is 11.9 Å². The number of amides is 1. The zero-order valence-electron chi connectivity index (χ0n) is 10.7. The first-order chi connectivity index (χ1) is 10.0. The first-order valence-corrected chi connectivity index (χ1v) is 6.04. The molecule has 0 radical (unpaired) electrons. The third-order valence-corrected chi connectivity index (χ3v) is 2.84. The monoisotopic (exact) mass is 299 g/mol. The predicted molar refractivity (Wildman–Crippen MR) is 66.6 cm³/mol. The summed E-state index contributed by atoms with van der Waals surface area (Å²) in [5.41, 5.74) is 0.479. The molecule has 0 spiro atoms. The van der Waals surface area contributed by atoms with Gasteiger partial charge in [-0.25, -0.2) is 13.2 Å². The van der Waals surface area contributed by atoms with Crippen molar-refractivity contribution in [2.24, 2.45) is 0 Å². The summed E-state index contributed by atoms with van der Waals surface area (Å²) in [6, 6.07) is 2.01.